The minimum atomic E-state index is -0.699. The number of aryl methyl sites for hydroxylation is 1. The van der Waals surface area contributed by atoms with E-state index in [9.17, 15) is 9.59 Å². The van der Waals surface area contributed by atoms with Crippen molar-refractivity contribution in [2.24, 2.45) is 0 Å². The van der Waals surface area contributed by atoms with Crippen LogP contribution in [0.1, 0.15) is 38.9 Å². The first-order chi connectivity index (χ1) is 17.4. The Hall–Kier alpha value is -3.97. The lowest BCUT2D eigenvalue weighted by Gasteiger charge is -2.26. The zero-order chi connectivity index (χ0) is 25.6. The molecule has 2 heterocycles. The highest BCUT2D eigenvalue weighted by molar-refractivity contribution is 6.32. The van der Waals surface area contributed by atoms with Gasteiger partial charge in [-0.2, -0.15) is 0 Å². The molecule has 184 valence electrons. The number of hydrogen-bond donors (Lipinski definition) is 0. The highest BCUT2D eigenvalue weighted by atomic mass is 35.5. The topological polar surface area (TPSA) is 78.2 Å². The molecule has 1 aliphatic rings. The summed E-state index contributed by atoms with van der Waals surface area (Å²) in [6, 6.07) is 15.4. The molecule has 0 aliphatic carbocycles. The first kappa shape index (κ1) is 23.8. The minimum absolute atomic E-state index is 0.0301. The molecule has 5 rings (SSSR count). The fourth-order valence-corrected chi connectivity index (χ4v) is 4.76. The molecular formula is C28H24ClNO6. The molecule has 0 fully saturated rings. The highest BCUT2D eigenvalue weighted by Gasteiger charge is 2.43. The van der Waals surface area contributed by atoms with Crippen molar-refractivity contribution in [3.05, 3.63) is 97.9 Å². The number of methoxy groups -OCH3 is 3. The van der Waals surface area contributed by atoms with Crippen molar-refractivity contribution in [3.63, 3.8) is 0 Å². The summed E-state index contributed by atoms with van der Waals surface area (Å²) in [7, 11) is 4.68. The monoisotopic (exact) mass is 505 g/mol. The predicted octanol–water partition coefficient (Wildman–Crippen LogP) is 5.53. The lowest BCUT2D eigenvalue weighted by Crippen LogP contribution is -2.29. The van der Waals surface area contributed by atoms with E-state index >= 15 is 0 Å². The van der Waals surface area contributed by atoms with Crippen molar-refractivity contribution >= 4 is 28.5 Å². The Morgan fingerprint density at radius 2 is 1.64 bits per heavy atom. The summed E-state index contributed by atoms with van der Waals surface area (Å²) in [5.74, 6) is 1.40. The van der Waals surface area contributed by atoms with Crippen LogP contribution in [0, 0.1) is 6.92 Å². The molecule has 1 aromatic heterocycles. The number of rotatable bonds is 6. The van der Waals surface area contributed by atoms with Crippen molar-refractivity contribution in [2.75, 3.05) is 21.3 Å². The minimum Gasteiger partial charge on any atom is -0.497 e. The highest BCUT2D eigenvalue weighted by Crippen LogP contribution is 2.42. The number of benzene rings is 3. The van der Waals surface area contributed by atoms with E-state index in [1.54, 1.807) is 43.4 Å². The first-order valence-corrected chi connectivity index (χ1v) is 11.7. The summed E-state index contributed by atoms with van der Waals surface area (Å²) in [5, 5.41) is 0.783. The van der Waals surface area contributed by atoms with Crippen molar-refractivity contribution < 1.29 is 23.4 Å². The lowest BCUT2D eigenvalue weighted by atomic mass is 9.97. The van der Waals surface area contributed by atoms with Crippen LogP contribution in [0.5, 0.6) is 17.2 Å². The number of ether oxygens (including phenoxy) is 3. The summed E-state index contributed by atoms with van der Waals surface area (Å²) in [4.78, 5) is 29.2. The smallest absolute Gasteiger partial charge is 0.291 e. The third-order valence-electron chi connectivity index (χ3n) is 6.48. The van der Waals surface area contributed by atoms with Gasteiger partial charge in [-0.1, -0.05) is 29.8 Å². The summed E-state index contributed by atoms with van der Waals surface area (Å²) in [6.07, 6.45) is 0. The van der Waals surface area contributed by atoms with Crippen LogP contribution in [-0.4, -0.2) is 32.1 Å². The van der Waals surface area contributed by atoms with E-state index in [-0.39, 0.29) is 29.2 Å². The average Bonchev–Trinajstić information content (AvgIpc) is 3.16. The van der Waals surface area contributed by atoms with E-state index in [0.717, 1.165) is 11.1 Å². The van der Waals surface area contributed by atoms with Crippen molar-refractivity contribution in [3.8, 4) is 17.2 Å². The Balaban J connectivity index is 1.72. The van der Waals surface area contributed by atoms with Gasteiger partial charge in [0.05, 0.1) is 38.3 Å². The fourth-order valence-electron chi connectivity index (χ4n) is 4.60. The lowest BCUT2D eigenvalue weighted by molar-refractivity contribution is 0.0714. The molecular weight excluding hydrogens is 482 g/mol. The Morgan fingerprint density at radius 3 is 2.31 bits per heavy atom. The molecule has 0 spiro atoms. The van der Waals surface area contributed by atoms with Gasteiger partial charge < -0.3 is 23.5 Å². The SMILES string of the molecule is COc1ccc(CN2C(=O)c3oc4cc(C)c(Cl)cc4c(=O)c3C2c2ccc(OC)c(OC)c2)cc1. The molecule has 0 radical (unpaired) electrons. The molecule has 0 N–H and O–H groups in total. The van der Waals surface area contributed by atoms with Gasteiger partial charge in [0.15, 0.2) is 16.9 Å². The summed E-state index contributed by atoms with van der Waals surface area (Å²) >= 11 is 6.33. The second kappa shape index (κ2) is 9.24. The van der Waals surface area contributed by atoms with Gasteiger partial charge in [0.1, 0.15) is 11.3 Å². The van der Waals surface area contributed by atoms with Gasteiger partial charge in [0, 0.05) is 11.6 Å². The van der Waals surface area contributed by atoms with Gasteiger partial charge in [-0.3, -0.25) is 9.59 Å². The van der Waals surface area contributed by atoms with Gasteiger partial charge in [-0.25, -0.2) is 0 Å². The number of amides is 1. The number of halogens is 1. The predicted molar refractivity (Wildman–Crippen MR) is 136 cm³/mol. The van der Waals surface area contributed by atoms with Gasteiger partial charge >= 0.3 is 0 Å². The van der Waals surface area contributed by atoms with Crippen LogP contribution >= 0.6 is 11.6 Å². The van der Waals surface area contributed by atoms with Gasteiger partial charge in [0.2, 0.25) is 5.76 Å². The molecule has 36 heavy (non-hydrogen) atoms. The first-order valence-electron chi connectivity index (χ1n) is 11.3. The standard InChI is InChI=1S/C28H24ClNO6/c1-15-11-22-19(13-20(15)29)26(31)24-25(17-7-10-21(34-3)23(12-17)35-4)30(28(32)27(24)36-22)14-16-5-8-18(33-2)9-6-16/h5-13,25H,14H2,1-4H3. The fraction of sp³-hybridized carbons (Fsp3) is 0.214. The number of nitrogens with zero attached hydrogens (tertiary/aromatic N) is 1. The van der Waals surface area contributed by atoms with E-state index in [1.807, 2.05) is 37.3 Å². The third-order valence-corrected chi connectivity index (χ3v) is 6.89. The zero-order valence-electron chi connectivity index (χ0n) is 20.3. The average molecular weight is 506 g/mol. The Bertz CT molecular complexity index is 1540. The summed E-state index contributed by atoms with van der Waals surface area (Å²) in [5.41, 5.74) is 2.62. The van der Waals surface area contributed by atoms with Crippen molar-refractivity contribution in [2.45, 2.75) is 19.5 Å². The van der Waals surface area contributed by atoms with Crippen molar-refractivity contribution in [1.29, 1.82) is 0 Å². The molecule has 3 aromatic carbocycles. The molecule has 1 atom stereocenters. The summed E-state index contributed by atoms with van der Waals surface area (Å²) in [6.45, 7) is 2.07. The molecule has 8 heteroatoms. The van der Waals surface area contributed by atoms with Gasteiger partial charge in [0.25, 0.3) is 5.91 Å². The molecule has 4 aromatic rings. The number of fused-ring (bicyclic) bond motifs is 2. The van der Waals surface area contributed by atoms with Crippen LogP contribution in [0.25, 0.3) is 11.0 Å². The second-order valence-electron chi connectivity index (χ2n) is 8.57. The molecule has 0 bridgehead atoms. The third kappa shape index (κ3) is 3.85. The molecule has 7 nitrogen and oxygen atoms in total. The maximum absolute atomic E-state index is 13.8. The zero-order valence-corrected chi connectivity index (χ0v) is 21.0. The number of carbonyl (C=O) groups is 1. The molecule has 1 unspecified atom stereocenters. The van der Waals surface area contributed by atoms with Crippen molar-refractivity contribution in [1.82, 2.24) is 4.90 Å². The quantitative estimate of drug-likeness (QED) is 0.343. The van der Waals surface area contributed by atoms with E-state index in [0.29, 0.717) is 38.8 Å². The van der Waals surface area contributed by atoms with Crippen LogP contribution in [0.15, 0.2) is 63.8 Å². The molecule has 1 aliphatic heterocycles. The van der Waals surface area contributed by atoms with Crippen LogP contribution in [0.4, 0.5) is 0 Å². The van der Waals surface area contributed by atoms with Crippen LogP contribution < -0.4 is 19.6 Å². The maximum Gasteiger partial charge on any atom is 0.291 e. The van der Waals surface area contributed by atoms with Crippen LogP contribution in [-0.2, 0) is 6.54 Å². The maximum atomic E-state index is 13.8. The van der Waals surface area contributed by atoms with E-state index in [2.05, 4.69) is 0 Å². The van der Waals surface area contributed by atoms with Gasteiger partial charge in [-0.05, 0) is 60.0 Å². The Kier molecular flexibility index (Phi) is 6.10. The number of hydrogen-bond acceptors (Lipinski definition) is 6. The normalized spacial score (nSPS) is 14.8. The largest absolute Gasteiger partial charge is 0.497 e. The molecule has 0 saturated heterocycles. The van der Waals surface area contributed by atoms with Crippen LogP contribution in [0.2, 0.25) is 5.02 Å². The molecule has 1 amide bonds. The summed E-state index contributed by atoms with van der Waals surface area (Å²) < 4.78 is 22.2. The second-order valence-corrected chi connectivity index (χ2v) is 8.98. The van der Waals surface area contributed by atoms with E-state index in [4.69, 9.17) is 30.2 Å². The van der Waals surface area contributed by atoms with Crippen LogP contribution in [0.3, 0.4) is 0 Å². The number of carbonyl (C=O) groups excluding carboxylic acids is 1. The van der Waals surface area contributed by atoms with E-state index in [1.165, 1.54) is 7.11 Å². The molecule has 0 saturated carbocycles. The van der Waals surface area contributed by atoms with Gasteiger partial charge in [-0.15, -0.1) is 0 Å². The Labute approximate surface area is 212 Å². The van der Waals surface area contributed by atoms with E-state index < -0.39 is 6.04 Å². The Morgan fingerprint density at radius 1 is 0.917 bits per heavy atom.